The number of hydrogen-bond acceptors (Lipinski definition) is 3. The lowest BCUT2D eigenvalue weighted by atomic mass is 10.1. The zero-order valence-electron chi connectivity index (χ0n) is 7.50. The van der Waals surface area contributed by atoms with Crippen LogP contribution >= 0.6 is 11.6 Å². The standard InChI is InChI=1S/C10H10ClNO2/c11-6-9(13)5-10(14)7-1-3-8(12)4-2-7/h1-4H,5-6,12H2. The molecular weight excluding hydrogens is 202 g/mol. The van der Waals surface area contributed by atoms with Gasteiger partial charge in [-0.2, -0.15) is 0 Å². The minimum atomic E-state index is -0.270. The first-order chi connectivity index (χ1) is 6.63. The lowest BCUT2D eigenvalue weighted by molar-refractivity contribution is -0.115. The third-order valence-electron chi connectivity index (χ3n) is 1.74. The Bertz CT molecular complexity index is 346. The van der Waals surface area contributed by atoms with Crippen molar-refractivity contribution in [3.8, 4) is 0 Å². The Kier molecular flexibility index (Phi) is 3.65. The van der Waals surface area contributed by atoms with Crippen molar-refractivity contribution in [1.29, 1.82) is 0 Å². The van der Waals surface area contributed by atoms with Crippen LogP contribution in [0.2, 0.25) is 0 Å². The van der Waals surface area contributed by atoms with Crippen molar-refractivity contribution in [2.24, 2.45) is 0 Å². The van der Waals surface area contributed by atoms with Gasteiger partial charge >= 0.3 is 0 Å². The fraction of sp³-hybridized carbons (Fsp3) is 0.200. The van der Waals surface area contributed by atoms with Crippen LogP contribution in [0.5, 0.6) is 0 Å². The third-order valence-corrected chi connectivity index (χ3v) is 2.04. The summed E-state index contributed by atoms with van der Waals surface area (Å²) in [7, 11) is 0. The van der Waals surface area contributed by atoms with Crippen molar-refractivity contribution >= 4 is 28.9 Å². The molecule has 0 atom stereocenters. The van der Waals surface area contributed by atoms with Crippen molar-refractivity contribution in [3.05, 3.63) is 29.8 Å². The molecule has 0 amide bonds. The maximum absolute atomic E-state index is 11.4. The van der Waals surface area contributed by atoms with Crippen molar-refractivity contribution in [2.45, 2.75) is 6.42 Å². The van der Waals surface area contributed by atoms with Gasteiger partial charge in [0.25, 0.3) is 0 Å². The van der Waals surface area contributed by atoms with E-state index < -0.39 is 0 Å². The maximum Gasteiger partial charge on any atom is 0.170 e. The van der Waals surface area contributed by atoms with Crippen LogP contribution in [0.15, 0.2) is 24.3 Å². The van der Waals surface area contributed by atoms with E-state index in [1.807, 2.05) is 0 Å². The van der Waals surface area contributed by atoms with Gasteiger partial charge in [0.15, 0.2) is 11.6 Å². The van der Waals surface area contributed by atoms with Crippen LogP contribution in [0.4, 0.5) is 5.69 Å². The van der Waals surface area contributed by atoms with E-state index in [0.717, 1.165) is 0 Å². The summed E-state index contributed by atoms with van der Waals surface area (Å²) in [5.41, 5.74) is 6.53. The van der Waals surface area contributed by atoms with Crippen molar-refractivity contribution < 1.29 is 9.59 Å². The summed E-state index contributed by atoms with van der Waals surface area (Å²) in [6.07, 6.45) is -0.145. The molecule has 0 radical (unpaired) electrons. The number of nitrogen functional groups attached to an aromatic ring is 1. The molecule has 0 heterocycles. The first-order valence-electron chi connectivity index (χ1n) is 4.10. The fourth-order valence-corrected chi connectivity index (χ4v) is 1.09. The second-order valence-corrected chi connectivity index (χ2v) is 3.16. The normalized spacial score (nSPS) is 9.79. The van der Waals surface area contributed by atoms with Crippen LogP contribution in [-0.2, 0) is 4.79 Å². The molecule has 0 aromatic heterocycles. The van der Waals surface area contributed by atoms with Crippen molar-refractivity contribution in [1.82, 2.24) is 0 Å². The van der Waals surface area contributed by atoms with Gasteiger partial charge in [-0.25, -0.2) is 0 Å². The number of ketones is 2. The number of Topliss-reactive ketones (excluding diaryl/α,β-unsaturated/α-hetero) is 2. The van der Waals surface area contributed by atoms with Gasteiger partial charge in [0, 0.05) is 11.3 Å². The molecule has 0 aliphatic rings. The van der Waals surface area contributed by atoms with E-state index in [-0.39, 0.29) is 23.9 Å². The first kappa shape index (κ1) is 10.7. The molecule has 14 heavy (non-hydrogen) atoms. The summed E-state index contributed by atoms with van der Waals surface area (Å²) in [4.78, 5) is 22.3. The van der Waals surface area contributed by atoms with Crippen molar-refractivity contribution in [2.75, 3.05) is 11.6 Å². The topological polar surface area (TPSA) is 60.2 Å². The number of hydrogen-bond donors (Lipinski definition) is 1. The minimum Gasteiger partial charge on any atom is -0.399 e. The molecule has 4 heteroatoms. The lowest BCUT2D eigenvalue weighted by Crippen LogP contribution is -2.09. The van der Waals surface area contributed by atoms with Gasteiger partial charge in [0.05, 0.1) is 12.3 Å². The number of anilines is 1. The summed E-state index contributed by atoms with van der Waals surface area (Å²) >= 11 is 5.29. The number of halogens is 1. The van der Waals surface area contributed by atoms with E-state index in [1.54, 1.807) is 24.3 Å². The van der Waals surface area contributed by atoms with E-state index in [1.165, 1.54) is 0 Å². The molecule has 1 rings (SSSR count). The minimum absolute atomic E-state index is 0.124. The highest BCUT2D eigenvalue weighted by Gasteiger charge is 2.10. The van der Waals surface area contributed by atoms with E-state index in [4.69, 9.17) is 17.3 Å². The molecule has 0 fully saturated rings. The van der Waals surface area contributed by atoms with Gasteiger partial charge in [-0.15, -0.1) is 11.6 Å². The summed E-state index contributed by atoms with van der Waals surface area (Å²) in [6.45, 7) is 0. The van der Waals surface area contributed by atoms with Gasteiger partial charge in [-0.1, -0.05) is 0 Å². The molecule has 0 saturated heterocycles. The summed E-state index contributed by atoms with van der Waals surface area (Å²) in [6, 6.07) is 6.44. The van der Waals surface area contributed by atoms with Crippen LogP contribution in [0.25, 0.3) is 0 Å². The first-order valence-corrected chi connectivity index (χ1v) is 4.63. The Morgan fingerprint density at radius 1 is 1.21 bits per heavy atom. The highest BCUT2D eigenvalue weighted by molar-refractivity contribution is 6.29. The van der Waals surface area contributed by atoms with Crippen LogP contribution in [0, 0.1) is 0 Å². The number of carbonyl (C=O) groups excluding carboxylic acids is 2. The molecule has 1 aromatic carbocycles. The van der Waals surface area contributed by atoms with E-state index in [2.05, 4.69) is 0 Å². The van der Waals surface area contributed by atoms with Gasteiger partial charge < -0.3 is 5.73 Å². The highest BCUT2D eigenvalue weighted by Crippen LogP contribution is 2.08. The summed E-state index contributed by atoms with van der Waals surface area (Å²) < 4.78 is 0. The number of nitrogens with two attached hydrogens (primary N) is 1. The zero-order chi connectivity index (χ0) is 10.6. The summed E-state index contributed by atoms with van der Waals surface area (Å²) in [5.74, 6) is -0.620. The van der Waals surface area contributed by atoms with Gasteiger partial charge in [-0.3, -0.25) is 9.59 Å². The molecule has 0 spiro atoms. The number of carbonyl (C=O) groups is 2. The Balaban J connectivity index is 2.70. The molecule has 3 nitrogen and oxygen atoms in total. The van der Waals surface area contributed by atoms with Gasteiger partial charge in [-0.05, 0) is 24.3 Å². The second kappa shape index (κ2) is 4.77. The van der Waals surface area contributed by atoms with E-state index >= 15 is 0 Å². The smallest absolute Gasteiger partial charge is 0.170 e. The highest BCUT2D eigenvalue weighted by atomic mass is 35.5. The maximum atomic E-state index is 11.4. The molecule has 2 N–H and O–H groups in total. The predicted octanol–water partition coefficient (Wildman–Crippen LogP) is 1.65. The molecule has 0 aliphatic heterocycles. The number of rotatable bonds is 4. The van der Waals surface area contributed by atoms with Crippen LogP contribution in [0.1, 0.15) is 16.8 Å². The molecule has 74 valence electrons. The molecule has 0 bridgehead atoms. The summed E-state index contributed by atoms with van der Waals surface area (Å²) in [5, 5.41) is 0. The Hall–Kier alpha value is -1.35. The van der Waals surface area contributed by atoms with E-state index in [9.17, 15) is 9.59 Å². The van der Waals surface area contributed by atoms with Crippen LogP contribution < -0.4 is 5.73 Å². The second-order valence-electron chi connectivity index (χ2n) is 2.89. The number of benzene rings is 1. The number of alkyl halides is 1. The molecular formula is C10H10ClNO2. The molecule has 0 saturated carbocycles. The van der Waals surface area contributed by atoms with Crippen LogP contribution in [0.3, 0.4) is 0 Å². The lowest BCUT2D eigenvalue weighted by Gasteiger charge is -1.99. The fourth-order valence-electron chi connectivity index (χ4n) is 0.997. The average molecular weight is 212 g/mol. The molecule has 1 aromatic rings. The SMILES string of the molecule is Nc1ccc(C(=O)CC(=O)CCl)cc1. The Labute approximate surface area is 86.9 Å². The average Bonchev–Trinajstić information content (AvgIpc) is 2.18. The molecule has 0 unspecified atom stereocenters. The Morgan fingerprint density at radius 2 is 1.79 bits per heavy atom. The Morgan fingerprint density at radius 3 is 2.29 bits per heavy atom. The van der Waals surface area contributed by atoms with Gasteiger partial charge in [0.2, 0.25) is 0 Å². The van der Waals surface area contributed by atoms with E-state index in [0.29, 0.717) is 11.3 Å². The molecule has 0 aliphatic carbocycles. The van der Waals surface area contributed by atoms with Crippen LogP contribution in [-0.4, -0.2) is 17.4 Å². The monoisotopic (exact) mass is 211 g/mol. The quantitative estimate of drug-likeness (QED) is 0.357. The third kappa shape index (κ3) is 2.85. The predicted molar refractivity (Wildman–Crippen MR) is 55.5 cm³/mol. The van der Waals surface area contributed by atoms with Gasteiger partial charge in [0.1, 0.15) is 0 Å². The zero-order valence-corrected chi connectivity index (χ0v) is 8.25. The largest absolute Gasteiger partial charge is 0.399 e. The van der Waals surface area contributed by atoms with Crippen molar-refractivity contribution in [3.63, 3.8) is 0 Å².